The molecular formula is C16H19F3N4O6. The van der Waals surface area contributed by atoms with Gasteiger partial charge in [-0.3, -0.25) is 14.4 Å². The number of rotatable bonds is 8. The predicted octanol–water partition coefficient (Wildman–Crippen LogP) is 0.266. The fourth-order valence-electron chi connectivity index (χ4n) is 2.19. The van der Waals surface area contributed by atoms with E-state index in [2.05, 4.69) is 10.6 Å². The molecule has 0 aliphatic carbocycles. The van der Waals surface area contributed by atoms with E-state index in [-0.39, 0.29) is 5.69 Å². The zero-order valence-electron chi connectivity index (χ0n) is 15.0. The number of halogens is 3. The molecule has 0 saturated carbocycles. The molecule has 2 atom stereocenters. The Kier molecular flexibility index (Phi) is 7.95. The van der Waals surface area contributed by atoms with Gasteiger partial charge in [-0.1, -0.05) is 0 Å². The monoisotopic (exact) mass is 420 g/mol. The van der Waals surface area contributed by atoms with Crippen LogP contribution in [0.2, 0.25) is 0 Å². The van der Waals surface area contributed by atoms with Crippen molar-refractivity contribution in [2.75, 3.05) is 11.9 Å². The lowest BCUT2D eigenvalue weighted by Crippen LogP contribution is -2.47. The van der Waals surface area contributed by atoms with Crippen molar-refractivity contribution < 1.29 is 42.6 Å². The van der Waals surface area contributed by atoms with E-state index in [1.165, 1.54) is 6.92 Å². The van der Waals surface area contributed by atoms with Crippen molar-refractivity contribution in [1.29, 1.82) is 0 Å². The molecule has 2 unspecified atom stereocenters. The van der Waals surface area contributed by atoms with E-state index in [0.29, 0.717) is 12.1 Å². The third kappa shape index (κ3) is 8.04. The number of carbonyl (C=O) groups is 4. The minimum atomic E-state index is -4.82. The molecule has 160 valence electrons. The molecule has 13 heteroatoms. The van der Waals surface area contributed by atoms with Crippen molar-refractivity contribution in [3.05, 3.63) is 29.3 Å². The van der Waals surface area contributed by atoms with Crippen molar-refractivity contribution in [3.8, 4) is 0 Å². The van der Waals surface area contributed by atoms with Gasteiger partial charge in [-0.15, -0.1) is 0 Å². The van der Waals surface area contributed by atoms with Gasteiger partial charge in [0, 0.05) is 11.3 Å². The second-order valence-electron chi connectivity index (χ2n) is 5.98. The van der Waals surface area contributed by atoms with Crippen LogP contribution in [0.1, 0.15) is 29.3 Å². The van der Waals surface area contributed by atoms with E-state index in [9.17, 15) is 37.5 Å². The smallest absolute Gasteiger partial charge is 0.416 e. The lowest BCUT2D eigenvalue weighted by Gasteiger charge is -2.19. The minimum Gasteiger partial charge on any atom is -0.481 e. The SMILES string of the molecule is CC(O)C(CC(=O)O)NC(=O)CNC(=O)c1cc(NC(N)=O)cc(C(F)(F)F)c1. The number of alkyl halides is 3. The van der Waals surface area contributed by atoms with Crippen LogP contribution in [0.5, 0.6) is 0 Å². The van der Waals surface area contributed by atoms with Crippen molar-refractivity contribution in [2.24, 2.45) is 5.73 Å². The highest BCUT2D eigenvalue weighted by molar-refractivity contribution is 5.98. The maximum Gasteiger partial charge on any atom is 0.416 e. The number of hydrogen-bond acceptors (Lipinski definition) is 5. The van der Waals surface area contributed by atoms with Crippen LogP contribution >= 0.6 is 0 Å². The average Bonchev–Trinajstić information content (AvgIpc) is 2.56. The first kappa shape index (κ1) is 23.7. The summed E-state index contributed by atoms with van der Waals surface area (Å²) in [6.07, 6.45) is -6.59. The maximum absolute atomic E-state index is 13.0. The van der Waals surface area contributed by atoms with Gasteiger partial charge in [-0.05, 0) is 25.1 Å². The molecule has 0 radical (unpaired) electrons. The van der Waals surface area contributed by atoms with Crippen molar-refractivity contribution >= 4 is 29.5 Å². The molecule has 0 aromatic heterocycles. The highest BCUT2D eigenvalue weighted by Crippen LogP contribution is 2.32. The van der Waals surface area contributed by atoms with Crippen LogP contribution in [0.15, 0.2) is 18.2 Å². The lowest BCUT2D eigenvalue weighted by atomic mass is 10.1. The van der Waals surface area contributed by atoms with E-state index < -0.39 is 66.2 Å². The molecule has 1 aromatic rings. The maximum atomic E-state index is 13.0. The summed E-state index contributed by atoms with van der Waals surface area (Å²) in [6.45, 7) is 0.554. The fraction of sp³-hybridized carbons (Fsp3) is 0.375. The van der Waals surface area contributed by atoms with Gasteiger partial charge in [-0.25, -0.2) is 4.79 Å². The van der Waals surface area contributed by atoms with Crippen LogP contribution in [0.25, 0.3) is 0 Å². The first-order chi connectivity index (χ1) is 13.3. The molecule has 29 heavy (non-hydrogen) atoms. The molecule has 0 saturated heterocycles. The summed E-state index contributed by atoms with van der Waals surface area (Å²) < 4.78 is 38.9. The number of carboxylic acid groups (broad SMARTS) is 1. The van der Waals surface area contributed by atoms with Gasteiger partial charge >= 0.3 is 18.2 Å². The van der Waals surface area contributed by atoms with E-state index in [4.69, 9.17) is 10.8 Å². The molecule has 4 amide bonds. The van der Waals surface area contributed by atoms with Gasteiger partial charge in [0.2, 0.25) is 5.91 Å². The molecule has 0 spiro atoms. The Morgan fingerprint density at radius 2 is 1.79 bits per heavy atom. The summed E-state index contributed by atoms with van der Waals surface area (Å²) in [5, 5.41) is 24.4. The number of urea groups is 1. The number of primary amides is 1. The largest absolute Gasteiger partial charge is 0.481 e. The molecule has 0 bridgehead atoms. The van der Waals surface area contributed by atoms with Gasteiger partial charge in [0.05, 0.1) is 30.7 Å². The van der Waals surface area contributed by atoms with Crippen molar-refractivity contribution in [2.45, 2.75) is 31.7 Å². The van der Waals surface area contributed by atoms with Crippen LogP contribution in [-0.4, -0.2) is 52.7 Å². The van der Waals surface area contributed by atoms with Crippen LogP contribution < -0.4 is 21.7 Å². The molecule has 0 aliphatic rings. The molecular weight excluding hydrogens is 401 g/mol. The summed E-state index contributed by atoms with van der Waals surface area (Å²) in [5.41, 5.74) is 2.76. The normalized spacial score (nSPS) is 13.1. The van der Waals surface area contributed by atoms with E-state index >= 15 is 0 Å². The minimum absolute atomic E-state index is 0.377. The zero-order chi connectivity index (χ0) is 22.4. The molecule has 1 aromatic carbocycles. The zero-order valence-corrected chi connectivity index (χ0v) is 15.0. The van der Waals surface area contributed by atoms with Crippen LogP contribution in [0.4, 0.5) is 23.7 Å². The molecule has 0 fully saturated rings. The first-order valence-electron chi connectivity index (χ1n) is 8.05. The number of nitrogens with one attached hydrogen (secondary N) is 3. The van der Waals surface area contributed by atoms with E-state index in [1.54, 1.807) is 0 Å². The number of anilines is 1. The number of nitrogens with two attached hydrogens (primary N) is 1. The Morgan fingerprint density at radius 3 is 2.28 bits per heavy atom. The molecule has 0 heterocycles. The Bertz CT molecular complexity index is 797. The molecule has 10 nitrogen and oxygen atoms in total. The number of aliphatic carboxylic acids is 1. The third-order valence-corrected chi connectivity index (χ3v) is 3.52. The quantitative estimate of drug-likeness (QED) is 0.352. The number of amides is 4. The van der Waals surface area contributed by atoms with Gasteiger partial charge in [0.15, 0.2) is 0 Å². The number of hydrogen-bond donors (Lipinski definition) is 6. The standard InChI is InChI=1S/C16H19F3N4O6/c1-7(24)11(5-13(26)27)23-12(25)6-21-14(28)8-2-9(16(17,18)19)4-10(3-8)22-15(20)29/h2-4,7,11,24H,5-6H2,1H3,(H,21,28)(H,23,25)(H,26,27)(H3,20,22,29). The Hall–Kier alpha value is -3.35. The fourth-order valence-corrected chi connectivity index (χ4v) is 2.19. The second-order valence-corrected chi connectivity index (χ2v) is 5.98. The van der Waals surface area contributed by atoms with Crippen LogP contribution in [0, 0.1) is 0 Å². The van der Waals surface area contributed by atoms with Crippen LogP contribution in [0.3, 0.4) is 0 Å². The second kappa shape index (κ2) is 9.73. The van der Waals surface area contributed by atoms with E-state index in [1.807, 2.05) is 5.32 Å². The number of carboxylic acids is 1. The predicted molar refractivity (Wildman–Crippen MR) is 92.8 cm³/mol. The van der Waals surface area contributed by atoms with Gasteiger partial charge < -0.3 is 31.9 Å². The Balaban J connectivity index is 2.89. The van der Waals surface area contributed by atoms with E-state index in [0.717, 1.165) is 6.07 Å². The number of aliphatic hydroxyl groups is 1. The number of carbonyl (C=O) groups excluding carboxylic acids is 3. The number of aliphatic hydroxyl groups excluding tert-OH is 1. The lowest BCUT2D eigenvalue weighted by molar-refractivity contribution is -0.139. The topological polar surface area (TPSA) is 171 Å². The summed E-state index contributed by atoms with van der Waals surface area (Å²) in [6, 6.07) is -0.249. The highest BCUT2D eigenvalue weighted by Gasteiger charge is 2.32. The van der Waals surface area contributed by atoms with Crippen molar-refractivity contribution in [3.63, 3.8) is 0 Å². The Labute approximate surface area is 162 Å². The third-order valence-electron chi connectivity index (χ3n) is 3.52. The number of benzene rings is 1. The summed E-state index contributed by atoms with van der Waals surface area (Å²) in [5.74, 6) is -3.21. The van der Waals surface area contributed by atoms with Crippen LogP contribution in [-0.2, 0) is 15.8 Å². The summed E-state index contributed by atoms with van der Waals surface area (Å²) in [7, 11) is 0. The highest BCUT2D eigenvalue weighted by atomic mass is 19.4. The molecule has 7 N–H and O–H groups in total. The summed E-state index contributed by atoms with van der Waals surface area (Å²) in [4.78, 5) is 45.5. The Morgan fingerprint density at radius 1 is 1.17 bits per heavy atom. The van der Waals surface area contributed by atoms with Gasteiger partial charge in [0.1, 0.15) is 0 Å². The molecule has 0 aliphatic heterocycles. The summed E-state index contributed by atoms with van der Waals surface area (Å²) >= 11 is 0. The molecule has 1 rings (SSSR count). The first-order valence-corrected chi connectivity index (χ1v) is 8.05. The average molecular weight is 420 g/mol. The van der Waals surface area contributed by atoms with Gasteiger partial charge in [-0.2, -0.15) is 13.2 Å². The van der Waals surface area contributed by atoms with Gasteiger partial charge in [0.25, 0.3) is 5.91 Å². The van der Waals surface area contributed by atoms with Crippen molar-refractivity contribution in [1.82, 2.24) is 10.6 Å².